The van der Waals surface area contributed by atoms with Gasteiger partial charge in [0.05, 0.1) is 5.57 Å². The average Bonchev–Trinajstić information content (AvgIpc) is 2.74. The van der Waals surface area contributed by atoms with Gasteiger partial charge >= 0.3 is 0 Å². The van der Waals surface area contributed by atoms with E-state index in [2.05, 4.69) is 20.4 Å². The van der Waals surface area contributed by atoms with E-state index in [0.717, 1.165) is 49.9 Å². The maximum Gasteiger partial charge on any atom is 0.169 e. The smallest absolute Gasteiger partial charge is 0.169 e. The first-order valence-electron chi connectivity index (χ1n) is 10.4. The van der Waals surface area contributed by atoms with Crippen molar-refractivity contribution in [3.05, 3.63) is 47.7 Å². The molecule has 0 spiro atoms. The quantitative estimate of drug-likeness (QED) is 0.318. The number of Topliss-reactive ketones (excluding diaryl/α,β-unsaturated/α-hetero) is 2. The highest BCUT2D eigenvalue weighted by atomic mass is 32.1. The molecule has 0 amide bonds. The minimum atomic E-state index is -0.0619. The summed E-state index contributed by atoms with van der Waals surface area (Å²) in [5.74, 6) is -0.126. The molecule has 1 aromatic rings. The number of piperazine rings is 1. The maximum absolute atomic E-state index is 12.5. The number of carbonyl (C=O) groups excluding carboxylic acids is 2. The first-order chi connectivity index (χ1) is 14.1. The minimum Gasteiger partial charge on any atom is -0.389 e. The number of hydrogen-bond acceptors (Lipinski definition) is 5. The van der Waals surface area contributed by atoms with Crippen LogP contribution in [0.2, 0.25) is 0 Å². The largest absolute Gasteiger partial charge is 0.389 e. The van der Waals surface area contributed by atoms with Crippen molar-refractivity contribution in [1.82, 2.24) is 20.4 Å². The fourth-order valence-corrected chi connectivity index (χ4v) is 4.18. The Kier molecular flexibility index (Phi) is 7.77. The van der Waals surface area contributed by atoms with E-state index in [1.807, 2.05) is 37.3 Å². The molecule has 0 bridgehead atoms. The van der Waals surface area contributed by atoms with Gasteiger partial charge in [-0.05, 0) is 30.6 Å². The summed E-state index contributed by atoms with van der Waals surface area (Å²) in [6.07, 6.45) is 2.43. The predicted octanol–water partition coefficient (Wildman–Crippen LogP) is 1.69. The van der Waals surface area contributed by atoms with Gasteiger partial charge in [-0.3, -0.25) is 14.5 Å². The molecular formula is C22H30N4O2S. The van der Waals surface area contributed by atoms with Gasteiger partial charge in [-0.15, -0.1) is 0 Å². The SMILES string of the molecule is CCNC(=S)N1CCN(CCNC=C2C(=O)CC(c3ccccc3)CC2=O)CC1. The summed E-state index contributed by atoms with van der Waals surface area (Å²) < 4.78 is 0. The normalized spacial score (nSPS) is 20.5. The standard InChI is InChI=1S/C22H30N4O2S/c1-2-24-22(29)26-12-10-25(11-13-26)9-8-23-16-19-20(27)14-18(15-21(19)28)17-6-4-3-5-7-17/h3-7,16,18,23H,2,8-15H2,1H3,(H,24,29). The molecule has 0 radical (unpaired) electrons. The summed E-state index contributed by atoms with van der Waals surface area (Å²) >= 11 is 5.36. The summed E-state index contributed by atoms with van der Waals surface area (Å²) in [5.41, 5.74) is 1.38. The number of nitrogens with one attached hydrogen (secondary N) is 2. The van der Waals surface area contributed by atoms with E-state index in [1.54, 1.807) is 6.20 Å². The number of ketones is 2. The second-order valence-electron chi connectivity index (χ2n) is 7.54. The minimum absolute atomic E-state index is 0.00192. The number of nitrogens with zero attached hydrogens (tertiary/aromatic N) is 2. The van der Waals surface area contributed by atoms with E-state index in [9.17, 15) is 9.59 Å². The summed E-state index contributed by atoms with van der Waals surface area (Å²) in [5, 5.41) is 7.20. The number of benzene rings is 1. The van der Waals surface area contributed by atoms with Crippen LogP contribution in [0.1, 0.15) is 31.2 Å². The molecule has 0 aromatic heterocycles. The Hall–Kier alpha value is -2.25. The third kappa shape index (κ3) is 5.87. The molecule has 6 nitrogen and oxygen atoms in total. The van der Waals surface area contributed by atoms with Crippen LogP contribution in [0.3, 0.4) is 0 Å². The van der Waals surface area contributed by atoms with Crippen molar-refractivity contribution in [2.45, 2.75) is 25.7 Å². The lowest BCUT2D eigenvalue weighted by Gasteiger charge is -2.36. The zero-order valence-electron chi connectivity index (χ0n) is 17.0. The van der Waals surface area contributed by atoms with Crippen LogP contribution in [-0.2, 0) is 9.59 Å². The van der Waals surface area contributed by atoms with Crippen molar-refractivity contribution in [1.29, 1.82) is 0 Å². The van der Waals surface area contributed by atoms with Crippen molar-refractivity contribution >= 4 is 28.9 Å². The predicted molar refractivity (Wildman–Crippen MR) is 119 cm³/mol. The Morgan fingerprint density at radius 1 is 1.10 bits per heavy atom. The van der Waals surface area contributed by atoms with Crippen LogP contribution >= 0.6 is 12.2 Å². The van der Waals surface area contributed by atoms with Crippen LogP contribution in [0.15, 0.2) is 42.1 Å². The van der Waals surface area contributed by atoms with Gasteiger partial charge in [-0.1, -0.05) is 30.3 Å². The summed E-state index contributed by atoms with van der Waals surface area (Å²) in [7, 11) is 0. The van der Waals surface area contributed by atoms with Gasteiger partial charge in [0, 0.05) is 64.9 Å². The van der Waals surface area contributed by atoms with Gasteiger partial charge in [0.25, 0.3) is 0 Å². The molecule has 3 rings (SSSR count). The van der Waals surface area contributed by atoms with Crippen molar-refractivity contribution < 1.29 is 9.59 Å². The van der Waals surface area contributed by atoms with Crippen LogP contribution in [-0.4, -0.2) is 72.3 Å². The molecule has 1 saturated heterocycles. The number of hydrogen-bond donors (Lipinski definition) is 2. The molecule has 7 heteroatoms. The van der Waals surface area contributed by atoms with Gasteiger partial charge in [0.1, 0.15) is 0 Å². The lowest BCUT2D eigenvalue weighted by Crippen LogP contribution is -2.52. The molecule has 1 aromatic carbocycles. The number of thiocarbonyl (C=S) groups is 1. The van der Waals surface area contributed by atoms with Crippen molar-refractivity contribution in [3.8, 4) is 0 Å². The highest BCUT2D eigenvalue weighted by Gasteiger charge is 2.31. The lowest BCUT2D eigenvalue weighted by atomic mass is 9.80. The molecular weight excluding hydrogens is 384 g/mol. The van der Waals surface area contributed by atoms with E-state index in [4.69, 9.17) is 12.2 Å². The third-order valence-electron chi connectivity index (χ3n) is 5.54. The fourth-order valence-electron chi connectivity index (χ4n) is 3.85. The average molecular weight is 415 g/mol. The Balaban J connectivity index is 1.41. The maximum atomic E-state index is 12.5. The van der Waals surface area contributed by atoms with Crippen LogP contribution in [0.25, 0.3) is 0 Å². The molecule has 1 saturated carbocycles. The van der Waals surface area contributed by atoms with Crippen molar-refractivity contribution in [3.63, 3.8) is 0 Å². The zero-order chi connectivity index (χ0) is 20.6. The molecule has 156 valence electrons. The van der Waals surface area contributed by atoms with E-state index in [-0.39, 0.29) is 17.5 Å². The van der Waals surface area contributed by atoms with Gasteiger partial charge in [-0.2, -0.15) is 0 Å². The molecule has 1 aliphatic carbocycles. The Morgan fingerprint density at radius 2 is 1.76 bits per heavy atom. The van der Waals surface area contributed by atoms with E-state index >= 15 is 0 Å². The van der Waals surface area contributed by atoms with Crippen molar-refractivity contribution in [2.75, 3.05) is 45.8 Å². The summed E-state index contributed by atoms with van der Waals surface area (Å²) in [4.78, 5) is 29.5. The number of carbonyl (C=O) groups is 2. The van der Waals surface area contributed by atoms with Crippen LogP contribution in [0, 0.1) is 0 Å². The Morgan fingerprint density at radius 3 is 2.38 bits per heavy atom. The molecule has 2 N–H and O–H groups in total. The van der Waals surface area contributed by atoms with Crippen molar-refractivity contribution in [2.24, 2.45) is 0 Å². The molecule has 0 atom stereocenters. The summed E-state index contributed by atoms with van der Waals surface area (Å²) in [6, 6.07) is 9.82. The number of allylic oxidation sites excluding steroid dienone is 1. The molecule has 2 aliphatic rings. The third-order valence-corrected chi connectivity index (χ3v) is 5.94. The van der Waals surface area contributed by atoms with Gasteiger partial charge in [0.2, 0.25) is 0 Å². The highest BCUT2D eigenvalue weighted by Crippen LogP contribution is 2.31. The van der Waals surface area contributed by atoms with E-state index in [0.29, 0.717) is 25.0 Å². The van der Waals surface area contributed by atoms with E-state index < -0.39 is 0 Å². The molecule has 2 fully saturated rings. The van der Waals surface area contributed by atoms with Gasteiger partial charge in [-0.25, -0.2) is 0 Å². The molecule has 1 aliphatic heterocycles. The molecule has 29 heavy (non-hydrogen) atoms. The monoisotopic (exact) mass is 414 g/mol. The first kappa shape index (κ1) is 21.5. The lowest BCUT2D eigenvalue weighted by molar-refractivity contribution is -0.124. The van der Waals surface area contributed by atoms with E-state index in [1.165, 1.54) is 0 Å². The van der Waals surface area contributed by atoms with Crippen LogP contribution in [0.5, 0.6) is 0 Å². The van der Waals surface area contributed by atoms with Crippen LogP contribution < -0.4 is 10.6 Å². The Labute approximate surface area is 178 Å². The second-order valence-corrected chi connectivity index (χ2v) is 7.93. The van der Waals surface area contributed by atoms with Gasteiger partial charge in [0.15, 0.2) is 16.7 Å². The summed E-state index contributed by atoms with van der Waals surface area (Å²) in [6.45, 7) is 8.24. The fraction of sp³-hybridized carbons (Fsp3) is 0.500. The van der Waals surface area contributed by atoms with Crippen LogP contribution in [0.4, 0.5) is 0 Å². The molecule has 1 heterocycles. The Bertz CT molecular complexity index is 737. The molecule has 0 unspecified atom stereocenters. The zero-order valence-corrected chi connectivity index (χ0v) is 17.8. The second kappa shape index (κ2) is 10.5. The number of rotatable bonds is 6. The van der Waals surface area contributed by atoms with Gasteiger partial charge < -0.3 is 15.5 Å². The highest BCUT2D eigenvalue weighted by molar-refractivity contribution is 7.80. The first-order valence-corrected chi connectivity index (χ1v) is 10.8. The topological polar surface area (TPSA) is 64.7 Å².